The zero-order valence-corrected chi connectivity index (χ0v) is 44.8. The van der Waals surface area contributed by atoms with Crippen LogP contribution in [0.15, 0.2) is 158 Å². The van der Waals surface area contributed by atoms with Crippen molar-refractivity contribution in [3.05, 3.63) is 191 Å². The number of benzene rings is 6. The molecule has 0 spiro atoms. The van der Waals surface area contributed by atoms with Crippen molar-refractivity contribution in [3.63, 3.8) is 0 Å². The highest BCUT2D eigenvalue weighted by atomic mass is 16.5. The first-order valence-electron chi connectivity index (χ1n) is 27.1. The molecule has 0 radical (unpaired) electrons. The van der Waals surface area contributed by atoms with Crippen LogP contribution in [0.3, 0.4) is 0 Å². The van der Waals surface area contributed by atoms with Gasteiger partial charge in [0.1, 0.15) is 26.4 Å². The maximum absolute atomic E-state index is 13.9. The van der Waals surface area contributed by atoms with E-state index >= 15 is 0 Å². The number of unbranched alkanes of at least 4 members (excludes halogenated alkanes) is 3. The summed E-state index contributed by atoms with van der Waals surface area (Å²) in [5.74, 6) is -0.754. The average Bonchev–Trinajstić information content (AvgIpc) is 3.50. The Bertz CT molecular complexity index is 2820. The van der Waals surface area contributed by atoms with Crippen LogP contribution in [-0.2, 0) is 45.6 Å². The van der Waals surface area contributed by atoms with Gasteiger partial charge in [-0.2, -0.15) is 0 Å². The van der Waals surface area contributed by atoms with Gasteiger partial charge in [0.2, 0.25) is 17.7 Å². The lowest BCUT2D eigenvalue weighted by Gasteiger charge is -2.23. The molecule has 79 heavy (non-hydrogen) atoms. The number of hydrogen-bond acceptors (Lipinski definition) is 10. The highest BCUT2D eigenvalue weighted by molar-refractivity contribution is 5.98. The molecule has 0 aromatic heterocycles. The van der Waals surface area contributed by atoms with Crippen LogP contribution < -0.4 is 40.2 Å². The van der Waals surface area contributed by atoms with Gasteiger partial charge in [-0.3, -0.25) is 28.8 Å². The highest BCUT2D eigenvalue weighted by Crippen LogP contribution is 2.34. The Balaban J connectivity index is 1.03. The van der Waals surface area contributed by atoms with Gasteiger partial charge in [0, 0.05) is 65.0 Å². The Morgan fingerprint density at radius 3 is 1.22 bits per heavy atom. The smallest absolute Gasteiger partial charge is 0.303 e. The molecule has 0 atom stereocenters. The number of rotatable bonds is 36. The van der Waals surface area contributed by atoms with Crippen LogP contribution in [0, 0.1) is 0 Å². The third-order valence-corrected chi connectivity index (χ3v) is 12.6. The number of para-hydroxylation sites is 2. The molecule has 0 aliphatic rings. The second kappa shape index (κ2) is 34.2. The molecule has 0 aliphatic carbocycles. The van der Waals surface area contributed by atoms with Gasteiger partial charge in [0.25, 0.3) is 11.8 Å². The molecule has 6 aromatic carbocycles. The van der Waals surface area contributed by atoms with Crippen LogP contribution in [0.4, 0.5) is 0 Å². The summed E-state index contributed by atoms with van der Waals surface area (Å²) < 4.78 is 25.0. The first-order chi connectivity index (χ1) is 38.6. The number of ether oxygens (including phenoxy) is 4. The minimum Gasteiger partial charge on any atom is -0.485 e. The monoisotopic (exact) mass is 1080 g/mol. The van der Waals surface area contributed by atoms with E-state index in [9.17, 15) is 28.8 Å². The van der Waals surface area contributed by atoms with Crippen molar-refractivity contribution in [2.24, 2.45) is 0 Å². The largest absolute Gasteiger partial charge is 0.485 e. The van der Waals surface area contributed by atoms with Gasteiger partial charge in [0.15, 0.2) is 23.0 Å². The van der Waals surface area contributed by atoms with Crippen molar-refractivity contribution in [2.45, 2.75) is 97.1 Å². The van der Waals surface area contributed by atoms with E-state index in [1.807, 2.05) is 121 Å². The van der Waals surface area contributed by atoms with Gasteiger partial charge < -0.3 is 50.2 Å². The standard InChI is InChI=1S/C63H73N5O11/c69-56(34-20-35-59(72)73)64-38-14-5-15-39-65-57(70)36-37-58(71)68(43-21-41-67-63(75)53-31-19-33-55(77-45-49-24-8-2-9-25-49)61(53)79-47-51-28-12-4-13-29-51)42-17-16-40-66-62(74)52-30-18-32-54(76-44-48-22-6-1-7-23-48)60(52)78-46-50-26-10-3-11-27-50/h1-4,6-13,18-19,22-33H,5,14-17,20-21,34-47H2,(H,64,69)(H,65,70)(H,66,74)(H,67,75)(H,72,73). The third kappa shape index (κ3) is 22.1. The van der Waals surface area contributed by atoms with E-state index < -0.39 is 5.97 Å². The molecule has 0 saturated carbocycles. The van der Waals surface area contributed by atoms with E-state index in [0.29, 0.717) is 99.0 Å². The number of hydrogen-bond donors (Lipinski definition) is 5. The molecular weight excluding hydrogens is 1000 g/mol. The maximum Gasteiger partial charge on any atom is 0.303 e. The van der Waals surface area contributed by atoms with Gasteiger partial charge in [-0.25, -0.2) is 0 Å². The van der Waals surface area contributed by atoms with Gasteiger partial charge in [-0.05, 0) is 91.5 Å². The minimum absolute atomic E-state index is 0.00816. The Kier molecular flexibility index (Phi) is 25.8. The number of carbonyl (C=O) groups is 6. The molecule has 0 bridgehead atoms. The molecule has 16 heteroatoms. The lowest BCUT2D eigenvalue weighted by molar-refractivity contribution is -0.137. The van der Waals surface area contributed by atoms with Gasteiger partial charge in [-0.15, -0.1) is 0 Å². The van der Waals surface area contributed by atoms with Crippen LogP contribution in [-0.4, -0.2) is 84.8 Å². The van der Waals surface area contributed by atoms with Gasteiger partial charge >= 0.3 is 5.97 Å². The SMILES string of the molecule is O=C(O)CCCC(=O)NCCCCCNC(=O)CCC(=O)N(CCCCNC(=O)c1cccc(OCc2ccccc2)c1OCc1ccccc1)CCCNC(=O)c1cccc(OCc2ccccc2)c1OCc1ccccc1. The Labute approximate surface area is 463 Å². The molecule has 0 unspecified atom stereocenters. The zero-order valence-electron chi connectivity index (χ0n) is 44.8. The van der Waals surface area contributed by atoms with E-state index in [4.69, 9.17) is 24.1 Å². The second-order valence-corrected chi connectivity index (χ2v) is 18.8. The summed E-state index contributed by atoms with van der Waals surface area (Å²) in [5.41, 5.74) is 4.42. The minimum atomic E-state index is -0.931. The lowest BCUT2D eigenvalue weighted by atomic mass is 10.1. The maximum atomic E-state index is 13.9. The highest BCUT2D eigenvalue weighted by Gasteiger charge is 2.21. The molecule has 0 aliphatic heterocycles. The predicted molar refractivity (Wildman–Crippen MR) is 302 cm³/mol. The molecule has 0 heterocycles. The van der Waals surface area contributed by atoms with E-state index in [1.165, 1.54) is 0 Å². The van der Waals surface area contributed by atoms with E-state index in [0.717, 1.165) is 28.7 Å². The molecular formula is C63H73N5O11. The Morgan fingerprint density at radius 2 is 0.759 bits per heavy atom. The van der Waals surface area contributed by atoms with E-state index in [-0.39, 0.29) is 94.6 Å². The van der Waals surface area contributed by atoms with E-state index in [1.54, 1.807) is 41.3 Å². The van der Waals surface area contributed by atoms with Crippen molar-refractivity contribution in [3.8, 4) is 23.0 Å². The summed E-state index contributed by atoms with van der Waals surface area (Å²) >= 11 is 0. The van der Waals surface area contributed by atoms with Crippen molar-refractivity contribution in [1.29, 1.82) is 0 Å². The van der Waals surface area contributed by atoms with Gasteiger partial charge in [-0.1, -0.05) is 133 Å². The molecule has 0 saturated heterocycles. The summed E-state index contributed by atoms with van der Waals surface area (Å²) in [6.07, 6.45) is 4.03. The number of carboxylic acids is 1. The number of nitrogens with zero attached hydrogens (tertiary/aromatic N) is 1. The first kappa shape index (κ1) is 59.6. The van der Waals surface area contributed by atoms with Crippen LogP contribution in [0.25, 0.3) is 0 Å². The summed E-state index contributed by atoms with van der Waals surface area (Å²) in [6.45, 7) is 3.10. The predicted octanol–water partition coefficient (Wildman–Crippen LogP) is 9.60. The van der Waals surface area contributed by atoms with Crippen molar-refractivity contribution < 1.29 is 52.8 Å². The fourth-order valence-electron chi connectivity index (χ4n) is 8.34. The summed E-state index contributed by atoms with van der Waals surface area (Å²) in [7, 11) is 0. The van der Waals surface area contributed by atoms with Crippen molar-refractivity contribution >= 4 is 35.5 Å². The number of carboxylic acid groups (broad SMARTS) is 1. The number of amides is 5. The molecule has 5 N–H and O–H groups in total. The number of nitrogens with one attached hydrogen (secondary N) is 4. The topological polar surface area (TPSA) is 211 Å². The van der Waals surface area contributed by atoms with E-state index in [2.05, 4.69) is 21.3 Å². The number of carbonyl (C=O) groups excluding carboxylic acids is 5. The molecule has 6 aromatic rings. The van der Waals surface area contributed by atoms with Crippen molar-refractivity contribution in [1.82, 2.24) is 26.2 Å². The van der Waals surface area contributed by atoms with Crippen molar-refractivity contribution in [2.75, 3.05) is 39.3 Å². The summed E-state index contributed by atoms with van der Waals surface area (Å²) in [6, 6.07) is 49.2. The molecule has 16 nitrogen and oxygen atoms in total. The quantitative estimate of drug-likeness (QED) is 0.0234. The number of aliphatic carboxylic acids is 1. The Hall–Kier alpha value is -8.66. The van der Waals surface area contributed by atoms with Crippen LogP contribution in [0.2, 0.25) is 0 Å². The molecule has 6 rings (SSSR count). The second-order valence-electron chi connectivity index (χ2n) is 18.8. The fourth-order valence-corrected chi connectivity index (χ4v) is 8.34. The molecule has 416 valence electrons. The van der Waals surface area contributed by atoms with Crippen LogP contribution in [0.1, 0.15) is 114 Å². The van der Waals surface area contributed by atoms with Crippen LogP contribution in [0.5, 0.6) is 23.0 Å². The summed E-state index contributed by atoms with van der Waals surface area (Å²) in [4.78, 5) is 78.7. The first-order valence-corrected chi connectivity index (χ1v) is 27.1. The molecule has 0 fully saturated rings. The fraction of sp³-hybridized carbons (Fsp3) is 0.333. The summed E-state index contributed by atoms with van der Waals surface area (Å²) in [5, 5.41) is 20.5. The Morgan fingerprint density at radius 1 is 0.367 bits per heavy atom. The normalized spacial score (nSPS) is 10.7. The molecule has 5 amide bonds. The van der Waals surface area contributed by atoms with Crippen LogP contribution >= 0.6 is 0 Å². The van der Waals surface area contributed by atoms with Gasteiger partial charge in [0.05, 0.1) is 11.1 Å². The average molecular weight is 1080 g/mol. The zero-order chi connectivity index (χ0) is 55.7. The third-order valence-electron chi connectivity index (χ3n) is 12.6. The lowest BCUT2D eigenvalue weighted by Crippen LogP contribution is -2.36.